The largest absolute Gasteiger partial charge is 0.449 e. The first-order valence-electron chi connectivity index (χ1n) is 7.35. The number of halogens is 2. The summed E-state index contributed by atoms with van der Waals surface area (Å²) in [6, 6.07) is 10.2. The van der Waals surface area contributed by atoms with Gasteiger partial charge in [-0.05, 0) is 43.3 Å². The van der Waals surface area contributed by atoms with Crippen molar-refractivity contribution in [2.24, 2.45) is 0 Å². The lowest BCUT2D eigenvalue weighted by molar-refractivity contribution is -0.123. The summed E-state index contributed by atoms with van der Waals surface area (Å²) >= 11 is 11.8. The third-order valence-electron chi connectivity index (χ3n) is 3.33. The molecular formula is C17H15Cl2NO5S. The molecule has 26 heavy (non-hydrogen) atoms. The molecule has 0 saturated heterocycles. The summed E-state index contributed by atoms with van der Waals surface area (Å²) in [6.07, 6.45) is -0.133. The van der Waals surface area contributed by atoms with E-state index in [0.29, 0.717) is 10.7 Å². The number of ether oxygens (including phenoxy) is 1. The van der Waals surface area contributed by atoms with Crippen molar-refractivity contribution in [2.75, 3.05) is 11.6 Å². The molecule has 2 aromatic carbocycles. The molecule has 1 amide bonds. The molecule has 1 atom stereocenters. The first-order valence-corrected chi connectivity index (χ1v) is 9.99. The topological polar surface area (TPSA) is 89.5 Å². The van der Waals surface area contributed by atoms with E-state index in [0.717, 1.165) is 12.3 Å². The Kier molecular flexibility index (Phi) is 6.28. The van der Waals surface area contributed by atoms with Crippen LogP contribution in [0.25, 0.3) is 0 Å². The molecule has 0 heterocycles. The van der Waals surface area contributed by atoms with Crippen molar-refractivity contribution in [1.82, 2.24) is 0 Å². The highest BCUT2D eigenvalue weighted by Gasteiger charge is 2.22. The highest BCUT2D eigenvalue weighted by molar-refractivity contribution is 7.90. The molecule has 0 fully saturated rings. The van der Waals surface area contributed by atoms with Crippen LogP contribution in [0.2, 0.25) is 10.0 Å². The number of hydrogen-bond donors (Lipinski definition) is 1. The second kappa shape index (κ2) is 8.07. The van der Waals surface area contributed by atoms with Gasteiger partial charge in [0, 0.05) is 17.0 Å². The third kappa shape index (κ3) is 5.20. The highest BCUT2D eigenvalue weighted by Crippen LogP contribution is 2.22. The van der Waals surface area contributed by atoms with Crippen LogP contribution in [-0.2, 0) is 19.4 Å². The average molecular weight is 416 g/mol. The van der Waals surface area contributed by atoms with E-state index in [2.05, 4.69) is 5.32 Å². The van der Waals surface area contributed by atoms with Gasteiger partial charge in [-0.1, -0.05) is 29.3 Å². The average Bonchev–Trinajstić information content (AvgIpc) is 2.53. The van der Waals surface area contributed by atoms with Gasteiger partial charge in [0.05, 0.1) is 15.5 Å². The Balaban J connectivity index is 2.12. The van der Waals surface area contributed by atoms with Gasteiger partial charge in [0.1, 0.15) is 0 Å². The van der Waals surface area contributed by atoms with Crippen LogP contribution in [0, 0.1) is 0 Å². The van der Waals surface area contributed by atoms with Crippen LogP contribution in [0.3, 0.4) is 0 Å². The highest BCUT2D eigenvalue weighted by atomic mass is 35.5. The van der Waals surface area contributed by atoms with Gasteiger partial charge < -0.3 is 10.1 Å². The maximum absolute atomic E-state index is 12.3. The maximum Gasteiger partial charge on any atom is 0.340 e. The molecule has 1 N–H and O–H groups in total. The molecule has 2 aromatic rings. The van der Waals surface area contributed by atoms with Crippen molar-refractivity contribution in [3.05, 3.63) is 58.1 Å². The molecule has 0 aliphatic heterocycles. The number of esters is 1. The van der Waals surface area contributed by atoms with Crippen molar-refractivity contribution < 1.29 is 22.7 Å². The van der Waals surface area contributed by atoms with E-state index >= 15 is 0 Å². The van der Waals surface area contributed by atoms with E-state index < -0.39 is 27.8 Å². The number of carbonyl (C=O) groups excluding carboxylic acids is 2. The quantitative estimate of drug-likeness (QED) is 0.753. The summed E-state index contributed by atoms with van der Waals surface area (Å²) in [6.45, 7) is 1.38. The third-order valence-corrected chi connectivity index (χ3v) is 5.01. The minimum Gasteiger partial charge on any atom is -0.449 e. The van der Waals surface area contributed by atoms with Gasteiger partial charge in [-0.2, -0.15) is 0 Å². The molecule has 6 nitrogen and oxygen atoms in total. The van der Waals surface area contributed by atoms with Crippen LogP contribution in [0.5, 0.6) is 0 Å². The van der Waals surface area contributed by atoms with E-state index in [1.807, 2.05) is 0 Å². The summed E-state index contributed by atoms with van der Waals surface area (Å²) in [7, 11) is -3.52. The van der Waals surface area contributed by atoms with Crippen LogP contribution in [0.15, 0.2) is 47.4 Å². The Labute approximate surface area is 161 Å². The molecule has 0 radical (unpaired) electrons. The fraction of sp³-hybridized carbons (Fsp3) is 0.176. The molecule has 0 bridgehead atoms. The lowest BCUT2D eigenvalue weighted by Gasteiger charge is -2.14. The fourth-order valence-corrected chi connectivity index (χ4v) is 3.01. The lowest BCUT2D eigenvalue weighted by atomic mass is 10.2. The van der Waals surface area contributed by atoms with Gasteiger partial charge in [0.25, 0.3) is 5.91 Å². The zero-order valence-electron chi connectivity index (χ0n) is 13.8. The van der Waals surface area contributed by atoms with E-state index in [9.17, 15) is 18.0 Å². The summed E-state index contributed by atoms with van der Waals surface area (Å²) in [5.41, 5.74) is 0.305. The number of nitrogens with one attached hydrogen (secondary N) is 1. The zero-order valence-corrected chi connectivity index (χ0v) is 16.2. The molecule has 2 rings (SSSR count). The van der Waals surface area contributed by atoms with E-state index in [1.54, 1.807) is 24.3 Å². The fourth-order valence-electron chi connectivity index (χ4n) is 1.98. The molecule has 0 saturated carbocycles. The second-order valence-electron chi connectivity index (χ2n) is 5.46. The van der Waals surface area contributed by atoms with Crippen molar-refractivity contribution in [1.29, 1.82) is 0 Å². The first kappa shape index (κ1) is 20.2. The number of amides is 1. The first-order chi connectivity index (χ1) is 12.1. The molecular weight excluding hydrogens is 401 g/mol. The Hall–Kier alpha value is -2.09. The van der Waals surface area contributed by atoms with Crippen molar-refractivity contribution in [2.45, 2.75) is 17.9 Å². The van der Waals surface area contributed by atoms with Gasteiger partial charge in [0.2, 0.25) is 0 Å². The molecule has 0 aromatic heterocycles. The molecule has 0 aliphatic carbocycles. The van der Waals surface area contributed by atoms with E-state index in [4.69, 9.17) is 27.9 Å². The zero-order chi connectivity index (χ0) is 19.5. The van der Waals surface area contributed by atoms with Crippen molar-refractivity contribution >= 4 is 50.6 Å². The van der Waals surface area contributed by atoms with Gasteiger partial charge in [-0.25, -0.2) is 13.2 Å². The van der Waals surface area contributed by atoms with Gasteiger partial charge in [0.15, 0.2) is 15.9 Å². The minimum absolute atomic E-state index is 0.0184. The minimum atomic E-state index is -3.52. The Morgan fingerprint density at radius 2 is 1.81 bits per heavy atom. The Morgan fingerprint density at radius 3 is 2.42 bits per heavy atom. The number of anilines is 1. The van der Waals surface area contributed by atoms with Crippen LogP contribution in [0.1, 0.15) is 17.3 Å². The normalized spacial score (nSPS) is 12.3. The Bertz CT molecular complexity index is 959. The predicted molar refractivity (Wildman–Crippen MR) is 99.5 cm³/mol. The molecule has 138 valence electrons. The van der Waals surface area contributed by atoms with Crippen LogP contribution < -0.4 is 5.32 Å². The number of sulfone groups is 1. The summed E-state index contributed by atoms with van der Waals surface area (Å²) in [4.78, 5) is 24.3. The standard InChI is InChI=1S/C17H15Cl2NO5S/c1-10(16(21)20-12-5-3-4-11(18)8-12)25-17(22)14-9-13(26(2,23)24)6-7-15(14)19/h3-10H,1-2H3,(H,20,21). The molecule has 9 heteroatoms. The number of hydrogen-bond acceptors (Lipinski definition) is 5. The van der Waals surface area contributed by atoms with Crippen molar-refractivity contribution in [3.63, 3.8) is 0 Å². The number of carbonyl (C=O) groups is 2. The summed E-state index contributed by atoms with van der Waals surface area (Å²) < 4.78 is 28.3. The predicted octanol–water partition coefficient (Wildman–Crippen LogP) is 3.58. The summed E-state index contributed by atoms with van der Waals surface area (Å²) in [5, 5.41) is 3.02. The smallest absolute Gasteiger partial charge is 0.340 e. The number of rotatable bonds is 5. The van der Waals surface area contributed by atoms with Crippen molar-refractivity contribution in [3.8, 4) is 0 Å². The van der Waals surface area contributed by atoms with Gasteiger partial charge in [-0.15, -0.1) is 0 Å². The summed E-state index contributed by atoms with van der Waals surface area (Å²) in [5.74, 6) is -1.48. The van der Waals surface area contributed by atoms with Crippen LogP contribution in [0.4, 0.5) is 5.69 Å². The maximum atomic E-state index is 12.3. The van der Waals surface area contributed by atoms with Crippen LogP contribution >= 0.6 is 23.2 Å². The molecule has 0 aliphatic rings. The van der Waals surface area contributed by atoms with Gasteiger partial charge in [-0.3, -0.25) is 4.79 Å². The second-order valence-corrected chi connectivity index (χ2v) is 8.32. The Morgan fingerprint density at radius 1 is 1.12 bits per heavy atom. The SMILES string of the molecule is CC(OC(=O)c1cc(S(C)(=O)=O)ccc1Cl)C(=O)Nc1cccc(Cl)c1. The molecule has 0 spiro atoms. The van der Waals surface area contributed by atoms with E-state index in [-0.39, 0.29) is 15.5 Å². The van der Waals surface area contributed by atoms with E-state index in [1.165, 1.54) is 19.1 Å². The monoisotopic (exact) mass is 415 g/mol. The lowest BCUT2D eigenvalue weighted by Crippen LogP contribution is -2.30. The molecule has 1 unspecified atom stereocenters. The van der Waals surface area contributed by atoms with Crippen LogP contribution in [-0.4, -0.2) is 32.7 Å². The van der Waals surface area contributed by atoms with Gasteiger partial charge >= 0.3 is 5.97 Å². The number of benzene rings is 2.